The molecular weight excluding hydrogens is 372 g/mol. The Balaban J connectivity index is 1.96. The smallest absolute Gasteiger partial charge is 0.0629 e. The zero-order valence-electron chi connectivity index (χ0n) is 20.5. The molecule has 0 unspecified atom stereocenters. The summed E-state index contributed by atoms with van der Waals surface area (Å²) in [6.07, 6.45) is 0. The maximum atomic E-state index is 8.59. The molecule has 0 aromatic heterocycles. The molecule has 0 fully saturated rings. The van der Waals surface area contributed by atoms with Crippen molar-refractivity contribution in [2.24, 2.45) is 0 Å². The molecule has 29 heavy (non-hydrogen) atoms. The van der Waals surface area contributed by atoms with Gasteiger partial charge in [0, 0.05) is 5.02 Å². The first kappa shape index (κ1) is 13.0. The normalized spacial score (nSPS) is 13.3. The predicted octanol–water partition coefficient (Wildman–Crippen LogP) is 8.49. The highest BCUT2D eigenvalue weighted by molar-refractivity contribution is 6.30. The first-order valence-corrected chi connectivity index (χ1v) is 9.70. The summed E-state index contributed by atoms with van der Waals surface area (Å²) >= 11 is 6.13. The van der Waals surface area contributed by atoms with Gasteiger partial charge in [-0.25, -0.2) is 0 Å². The molecule has 0 aliphatic rings. The molecule has 0 nitrogen and oxygen atoms in total. The van der Waals surface area contributed by atoms with Gasteiger partial charge >= 0.3 is 0 Å². The van der Waals surface area contributed by atoms with Gasteiger partial charge in [-0.3, -0.25) is 0 Å². The molecule has 0 heterocycles. The molecule has 0 bridgehead atoms. The van der Waals surface area contributed by atoms with Crippen molar-refractivity contribution < 1.29 is 6.85 Å². The zero-order chi connectivity index (χ0) is 24.0. The molecule has 0 saturated carbocycles. The van der Waals surface area contributed by atoms with Crippen molar-refractivity contribution in [3.05, 3.63) is 120 Å². The molecule has 5 rings (SSSR count). The lowest BCUT2D eigenvalue weighted by Crippen LogP contribution is -1.91. The van der Waals surface area contributed by atoms with Gasteiger partial charge in [0.25, 0.3) is 0 Å². The Morgan fingerprint density at radius 2 is 1.31 bits per heavy atom. The topological polar surface area (TPSA) is 0 Å². The lowest BCUT2D eigenvalue weighted by molar-refractivity contribution is 1.60. The van der Waals surface area contributed by atoms with Gasteiger partial charge in [-0.2, -0.15) is 0 Å². The van der Waals surface area contributed by atoms with Crippen LogP contribution in [0, 0.1) is 0 Å². The minimum Gasteiger partial charge on any atom is -0.0843 e. The van der Waals surface area contributed by atoms with E-state index in [-0.39, 0.29) is 29.7 Å². The number of halogens is 1. The summed E-state index contributed by atoms with van der Waals surface area (Å²) in [5.74, 6) is 0. The fourth-order valence-corrected chi connectivity index (χ4v) is 3.87. The largest absolute Gasteiger partial charge is 0.0843 e. The van der Waals surface area contributed by atoms with E-state index in [1.165, 1.54) is 0 Å². The number of hydrogen-bond acceptors (Lipinski definition) is 0. The van der Waals surface area contributed by atoms with Crippen LogP contribution >= 0.6 is 11.6 Å². The fraction of sp³-hybridized carbons (Fsp3) is 0. The predicted molar refractivity (Wildman–Crippen MR) is 125 cm³/mol. The lowest BCUT2D eigenvalue weighted by Gasteiger charge is -2.17. The Kier molecular flexibility index (Phi) is 3.39. The first-order valence-electron chi connectivity index (χ1n) is 11.8. The highest BCUT2D eigenvalue weighted by atomic mass is 35.5. The van der Waals surface area contributed by atoms with Crippen LogP contribution in [0.3, 0.4) is 0 Å². The molecule has 1 heteroatoms. The van der Waals surface area contributed by atoms with Gasteiger partial charge in [0.1, 0.15) is 0 Å². The van der Waals surface area contributed by atoms with E-state index in [9.17, 15) is 0 Å². The third-order valence-electron chi connectivity index (χ3n) is 5.03. The third-order valence-corrected chi connectivity index (χ3v) is 5.28. The van der Waals surface area contributed by atoms with Crippen molar-refractivity contribution in [3.63, 3.8) is 0 Å². The van der Waals surface area contributed by atoms with Crippen LogP contribution in [-0.2, 0) is 0 Å². The molecular formula is C28H19Cl. The Labute approximate surface area is 183 Å². The molecule has 138 valence electrons. The molecule has 0 amide bonds. The van der Waals surface area contributed by atoms with Gasteiger partial charge in [0.2, 0.25) is 0 Å². The van der Waals surface area contributed by atoms with Crippen LogP contribution in [0.15, 0.2) is 115 Å². The first-order chi connectivity index (χ1) is 16.4. The van der Waals surface area contributed by atoms with E-state index < -0.39 is 6.04 Å². The summed E-state index contributed by atoms with van der Waals surface area (Å²) in [5.41, 5.74) is 4.46. The Morgan fingerprint density at radius 3 is 2.07 bits per heavy atom. The highest BCUT2D eigenvalue weighted by Crippen LogP contribution is 2.42. The Morgan fingerprint density at radius 1 is 0.552 bits per heavy atom. The number of hydrogen-bond donors (Lipinski definition) is 0. The molecule has 0 radical (unpaired) electrons. The molecule has 0 N–H and O–H groups in total. The maximum absolute atomic E-state index is 8.59. The molecule has 0 spiro atoms. The fourth-order valence-electron chi connectivity index (χ4n) is 3.75. The minimum atomic E-state index is -0.400. The molecule has 0 atom stereocenters. The second-order valence-corrected chi connectivity index (χ2v) is 7.20. The second-order valence-electron chi connectivity index (χ2n) is 6.76. The van der Waals surface area contributed by atoms with Crippen molar-refractivity contribution >= 4 is 22.4 Å². The number of fused-ring (bicyclic) bond motifs is 1. The van der Waals surface area contributed by atoms with Gasteiger partial charge in [0.15, 0.2) is 0 Å². The number of rotatable bonds is 3. The lowest BCUT2D eigenvalue weighted by atomic mass is 9.86. The van der Waals surface area contributed by atoms with Crippen molar-refractivity contribution in [3.8, 4) is 33.4 Å². The van der Waals surface area contributed by atoms with Crippen LogP contribution in [0.2, 0.25) is 5.02 Å². The van der Waals surface area contributed by atoms with Gasteiger partial charge in [-0.1, -0.05) is 115 Å². The summed E-state index contributed by atoms with van der Waals surface area (Å²) in [5, 5.41) is 2.58. The van der Waals surface area contributed by atoms with Crippen LogP contribution < -0.4 is 0 Å². The third kappa shape index (κ3) is 3.33. The second kappa shape index (κ2) is 7.58. The summed E-state index contributed by atoms with van der Waals surface area (Å²) in [7, 11) is 0. The van der Waals surface area contributed by atoms with E-state index in [1.54, 1.807) is 0 Å². The molecule has 0 aliphatic heterocycles. The van der Waals surface area contributed by atoms with Crippen LogP contribution in [-0.4, -0.2) is 0 Å². The highest BCUT2D eigenvalue weighted by Gasteiger charge is 2.15. The van der Waals surface area contributed by atoms with Crippen molar-refractivity contribution in [1.29, 1.82) is 0 Å². The molecule has 5 aromatic rings. The molecule has 5 aromatic carbocycles. The standard InChI is InChI=1S/C28H19Cl/c29-24-17-14-21(15-18-24)25-13-7-12-23-16-19-26(20-8-3-1-4-9-20)27(28(23)25)22-10-5-2-6-11-22/h1-19H/i1D,3D,4D,8D,9D. The van der Waals surface area contributed by atoms with E-state index in [2.05, 4.69) is 0 Å². The summed E-state index contributed by atoms with van der Waals surface area (Å²) < 4.78 is 41.6. The quantitative estimate of drug-likeness (QED) is 0.287. The van der Waals surface area contributed by atoms with E-state index >= 15 is 0 Å². The zero-order valence-corrected chi connectivity index (χ0v) is 16.2. The average molecular weight is 396 g/mol. The van der Waals surface area contributed by atoms with Crippen molar-refractivity contribution in [2.75, 3.05) is 0 Å². The van der Waals surface area contributed by atoms with E-state index in [4.69, 9.17) is 18.5 Å². The van der Waals surface area contributed by atoms with Gasteiger partial charge in [-0.05, 0) is 56.3 Å². The summed E-state index contributed by atoms with van der Waals surface area (Å²) in [4.78, 5) is 0. The van der Waals surface area contributed by atoms with Crippen LogP contribution in [0.4, 0.5) is 0 Å². The summed E-state index contributed by atoms with van der Waals surface area (Å²) in [6, 6.07) is 25.7. The van der Waals surface area contributed by atoms with Crippen LogP contribution in [0.25, 0.3) is 44.2 Å². The summed E-state index contributed by atoms with van der Waals surface area (Å²) in [6.45, 7) is 0. The van der Waals surface area contributed by atoms with Crippen LogP contribution in [0.5, 0.6) is 0 Å². The Bertz CT molecular complexity index is 1510. The number of benzene rings is 5. The van der Waals surface area contributed by atoms with E-state index in [1.807, 2.05) is 84.9 Å². The SMILES string of the molecule is [2H]c1c([2H])c([2H])c(-c2ccc3cccc(-c4ccc(Cl)cc4)c3c2-c2ccccc2)c([2H])c1[2H]. The molecule has 0 saturated heterocycles. The van der Waals surface area contributed by atoms with Gasteiger partial charge in [0.05, 0.1) is 6.85 Å². The molecule has 0 aliphatic carbocycles. The maximum Gasteiger partial charge on any atom is 0.0629 e. The Hall–Kier alpha value is -3.35. The van der Waals surface area contributed by atoms with Crippen LogP contribution in [0.1, 0.15) is 6.85 Å². The van der Waals surface area contributed by atoms with E-state index in [0.29, 0.717) is 10.6 Å². The van der Waals surface area contributed by atoms with E-state index in [0.717, 1.165) is 33.0 Å². The minimum absolute atomic E-state index is 0.192. The monoisotopic (exact) mass is 395 g/mol. The van der Waals surface area contributed by atoms with Gasteiger partial charge in [-0.15, -0.1) is 0 Å². The van der Waals surface area contributed by atoms with Gasteiger partial charge < -0.3 is 0 Å². The average Bonchev–Trinajstić information content (AvgIpc) is 2.87. The van der Waals surface area contributed by atoms with Crippen molar-refractivity contribution in [2.45, 2.75) is 0 Å². The van der Waals surface area contributed by atoms with Crippen molar-refractivity contribution in [1.82, 2.24) is 0 Å².